The minimum atomic E-state index is 0.717. The molecule has 6 nitrogen and oxygen atoms in total. The van der Waals surface area contributed by atoms with E-state index in [1.807, 2.05) is 5.38 Å². The fraction of sp³-hybridized carbons (Fsp3) is 0.429. The van der Waals surface area contributed by atoms with Crippen LogP contribution in [0.4, 0.5) is 0 Å². The highest BCUT2D eigenvalue weighted by atomic mass is 32.1. The fourth-order valence-electron chi connectivity index (χ4n) is 0.980. The largest absolute Gasteiger partial charge is 0.343 e. The molecule has 0 saturated carbocycles. The Labute approximate surface area is 84.5 Å². The maximum atomic E-state index is 4.61. The van der Waals surface area contributed by atoms with Crippen LogP contribution in [-0.2, 0) is 13.0 Å². The molecule has 0 aromatic carbocycles. The number of nitrogens with one attached hydrogen (secondary N) is 1. The second-order valence-corrected chi connectivity index (χ2v) is 3.28. The van der Waals surface area contributed by atoms with Crippen molar-refractivity contribution in [1.29, 1.82) is 0 Å². The van der Waals surface area contributed by atoms with Crippen molar-refractivity contribution in [3.05, 3.63) is 23.3 Å². The molecule has 2 aromatic rings. The number of nitrogens with zero attached hydrogens (tertiary/aromatic N) is 4. The quantitative estimate of drug-likeness (QED) is 0.714. The van der Waals surface area contributed by atoms with Crippen LogP contribution < -0.4 is 5.32 Å². The van der Waals surface area contributed by atoms with Gasteiger partial charge in [0.05, 0.1) is 5.69 Å². The molecule has 0 saturated heterocycles. The summed E-state index contributed by atoms with van der Waals surface area (Å²) in [5.74, 6) is 0.717. The Hall–Kier alpha value is -1.34. The zero-order chi connectivity index (χ0) is 9.64. The molecule has 0 fully saturated rings. The third-order valence-electron chi connectivity index (χ3n) is 1.64. The molecular formula is C7H9N5OS. The first-order chi connectivity index (χ1) is 6.95. The van der Waals surface area contributed by atoms with E-state index < -0.39 is 0 Å². The highest BCUT2D eigenvalue weighted by molar-refractivity contribution is 7.03. The Bertz CT molecular complexity index is 310. The zero-order valence-corrected chi connectivity index (χ0v) is 8.20. The highest BCUT2D eigenvalue weighted by Gasteiger charge is 1.98. The van der Waals surface area contributed by atoms with Crippen LogP contribution in [0.5, 0.6) is 0 Å². The van der Waals surface area contributed by atoms with Gasteiger partial charge in [0.15, 0.2) is 5.82 Å². The third kappa shape index (κ3) is 2.57. The number of rotatable bonds is 5. The number of hydrogen-bond donors (Lipinski definition) is 1. The molecule has 7 heteroatoms. The Morgan fingerprint density at radius 1 is 1.50 bits per heavy atom. The van der Waals surface area contributed by atoms with Gasteiger partial charge in [-0.25, -0.2) is 0 Å². The first-order valence-electron chi connectivity index (χ1n) is 4.17. The van der Waals surface area contributed by atoms with Crippen LogP contribution >= 0.6 is 11.5 Å². The van der Waals surface area contributed by atoms with Gasteiger partial charge in [-0.1, -0.05) is 9.64 Å². The molecule has 2 heterocycles. The molecule has 0 bridgehead atoms. The second kappa shape index (κ2) is 4.77. The monoisotopic (exact) mass is 211 g/mol. The lowest BCUT2D eigenvalue weighted by Crippen LogP contribution is -2.17. The van der Waals surface area contributed by atoms with Gasteiger partial charge in [-0.15, -0.1) is 5.10 Å². The summed E-state index contributed by atoms with van der Waals surface area (Å²) in [6, 6.07) is 0. The molecule has 0 aliphatic heterocycles. The van der Waals surface area contributed by atoms with Crippen LogP contribution in [0, 0.1) is 0 Å². The molecule has 0 atom stereocenters. The van der Waals surface area contributed by atoms with E-state index in [2.05, 4.69) is 29.6 Å². The smallest absolute Gasteiger partial charge is 0.213 e. The fourth-order valence-corrected chi connectivity index (χ4v) is 1.43. The van der Waals surface area contributed by atoms with Gasteiger partial charge in [-0.3, -0.25) is 0 Å². The summed E-state index contributed by atoms with van der Waals surface area (Å²) in [5, 5.41) is 12.7. The molecule has 1 N–H and O–H groups in total. The zero-order valence-electron chi connectivity index (χ0n) is 7.38. The number of hydrogen-bond acceptors (Lipinski definition) is 7. The van der Waals surface area contributed by atoms with Gasteiger partial charge in [0.25, 0.3) is 0 Å². The Balaban J connectivity index is 1.65. The molecule has 0 spiro atoms. The highest BCUT2D eigenvalue weighted by Crippen LogP contribution is 1.95. The van der Waals surface area contributed by atoms with E-state index in [1.165, 1.54) is 17.9 Å². The predicted molar refractivity (Wildman–Crippen MR) is 49.6 cm³/mol. The lowest BCUT2D eigenvalue weighted by molar-refractivity contribution is 0.409. The molecule has 0 aliphatic rings. The van der Waals surface area contributed by atoms with E-state index in [-0.39, 0.29) is 0 Å². The summed E-state index contributed by atoms with van der Waals surface area (Å²) in [5.41, 5.74) is 0.961. The van der Waals surface area contributed by atoms with Gasteiger partial charge in [-0.2, -0.15) is 4.98 Å². The van der Waals surface area contributed by atoms with Gasteiger partial charge in [0, 0.05) is 24.9 Å². The predicted octanol–water partition coefficient (Wildman–Crippen LogP) is 0.253. The SMILES string of the molecule is c1nc(CCNCc2csnn2)no1. The van der Waals surface area contributed by atoms with E-state index in [0.29, 0.717) is 5.82 Å². The van der Waals surface area contributed by atoms with Crippen molar-refractivity contribution in [1.82, 2.24) is 25.0 Å². The van der Waals surface area contributed by atoms with E-state index in [0.717, 1.165) is 25.2 Å². The average Bonchev–Trinajstić information content (AvgIpc) is 2.86. The van der Waals surface area contributed by atoms with Crippen molar-refractivity contribution in [3.63, 3.8) is 0 Å². The van der Waals surface area contributed by atoms with E-state index in [4.69, 9.17) is 0 Å². The van der Waals surface area contributed by atoms with Gasteiger partial charge in [-0.05, 0) is 11.5 Å². The van der Waals surface area contributed by atoms with Crippen LogP contribution in [0.15, 0.2) is 16.3 Å². The van der Waals surface area contributed by atoms with Crippen molar-refractivity contribution >= 4 is 11.5 Å². The molecule has 0 aliphatic carbocycles. The van der Waals surface area contributed by atoms with E-state index in [9.17, 15) is 0 Å². The first-order valence-corrected chi connectivity index (χ1v) is 5.01. The van der Waals surface area contributed by atoms with Gasteiger partial charge in [0.2, 0.25) is 6.39 Å². The van der Waals surface area contributed by atoms with Crippen molar-refractivity contribution in [2.45, 2.75) is 13.0 Å². The van der Waals surface area contributed by atoms with Crippen molar-refractivity contribution in [2.24, 2.45) is 0 Å². The number of aromatic nitrogens is 4. The van der Waals surface area contributed by atoms with Crippen molar-refractivity contribution < 1.29 is 4.52 Å². The molecule has 0 amide bonds. The van der Waals surface area contributed by atoms with Crippen molar-refractivity contribution in [2.75, 3.05) is 6.54 Å². The molecule has 2 rings (SSSR count). The standard InChI is InChI=1S/C7H9N5OS/c1(7-9-5-13-11-7)2-8-3-6-4-14-12-10-6/h4-5,8H,1-3H2. The summed E-state index contributed by atoms with van der Waals surface area (Å²) >= 11 is 1.35. The summed E-state index contributed by atoms with van der Waals surface area (Å²) in [6.07, 6.45) is 2.09. The molecule has 14 heavy (non-hydrogen) atoms. The molecule has 0 radical (unpaired) electrons. The maximum Gasteiger partial charge on any atom is 0.213 e. The van der Waals surface area contributed by atoms with Crippen LogP contribution in [0.2, 0.25) is 0 Å². The Morgan fingerprint density at radius 3 is 3.21 bits per heavy atom. The van der Waals surface area contributed by atoms with Crippen LogP contribution in [0.3, 0.4) is 0 Å². The summed E-state index contributed by atoms with van der Waals surface area (Å²) in [6.45, 7) is 1.53. The minimum absolute atomic E-state index is 0.717. The minimum Gasteiger partial charge on any atom is -0.343 e. The summed E-state index contributed by atoms with van der Waals surface area (Å²) in [7, 11) is 0. The first kappa shape index (κ1) is 9.22. The van der Waals surface area contributed by atoms with Gasteiger partial charge < -0.3 is 9.84 Å². The Morgan fingerprint density at radius 2 is 2.50 bits per heavy atom. The van der Waals surface area contributed by atoms with Crippen LogP contribution in [0.25, 0.3) is 0 Å². The second-order valence-electron chi connectivity index (χ2n) is 2.67. The lowest BCUT2D eigenvalue weighted by Gasteiger charge is -1.98. The average molecular weight is 211 g/mol. The third-order valence-corrected chi connectivity index (χ3v) is 2.20. The van der Waals surface area contributed by atoms with E-state index in [1.54, 1.807) is 0 Å². The van der Waals surface area contributed by atoms with E-state index >= 15 is 0 Å². The molecule has 0 unspecified atom stereocenters. The lowest BCUT2D eigenvalue weighted by atomic mass is 10.4. The van der Waals surface area contributed by atoms with Gasteiger partial charge >= 0.3 is 0 Å². The molecular weight excluding hydrogens is 202 g/mol. The summed E-state index contributed by atoms with van der Waals surface area (Å²) in [4.78, 5) is 3.91. The van der Waals surface area contributed by atoms with Crippen molar-refractivity contribution in [3.8, 4) is 0 Å². The molecule has 2 aromatic heterocycles. The summed E-state index contributed by atoms with van der Waals surface area (Å²) < 4.78 is 8.37. The maximum absolute atomic E-state index is 4.61. The topological polar surface area (TPSA) is 76.7 Å². The van der Waals surface area contributed by atoms with Crippen LogP contribution in [-0.4, -0.2) is 26.3 Å². The van der Waals surface area contributed by atoms with Gasteiger partial charge in [0.1, 0.15) is 0 Å². The van der Waals surface area contributed by atoms with Crippen LogP contribution in [0.1, 0.15) is 11.5 Å². The Kier molecular flexibility index (Phi) is 3.15. The normalized spacial score (nSPS) is 10.6. The molecule has 74 valence electrons.